The Morgan fingerprint density at radius 1 is 1.00 bits per heavy atom. The van der Waals surface area contributed by atoms with Gasteiger partial charge in [0.15, 0.2) is 0 Å². The molecule has 0 radical (unpaired) electrons. The molecule has 6 nitrogen and oxygen atoms in total. The predicted molar refractivity (Wildman–Crippen MR) is 114 cm³/mol. The van der Waals surface area contributed by atoms with E-state index in [0.29, 0.717) is 54.3 Å². The van der Waals surface area contributed by atoms with Crippen LogP contribution < -0.4 is 15.0 Å². The van der Waals surface area contributed by atoms with E-state index in [2.05, 4.69) is 17.8 Å². The van der Waals surface area contributed by atoms with E-state index in [9.17, 15) is 10.5 Å². The molecule has 0 fully saturated rings. The summed E-state index contributed by atoms with van der Waals surface area (Å²) < 4.78 is 11.2. The molecule has 0 unspecified atom stereocenters. The summed E-state index contributed by atoms with van der Waals surface area (Å²) in [5.74, 6) is 1.40. The third kappa shape index (κ3) is 6.65. The van der Waals surface area contributed by atoms with Crippen molar-refractivity contribution in [3.8, 4) is 17.6 Å². The molecule has 150 valence electrons. The lowest BCUT2D eigenvalue weighted by Crippen LogP contribution is -2.09. The van der Waals surface area contributed by atoms with E-state index >= 15 is 0 Å². The highest BCUT2D eigenvalue weighted by Gasteiger charge is 2.12. The quantitative estimate of drug-likeness (QED) is 0.191. The van der Waals surface area contributed by atoms with Crippen LogP contribution in [0.3, 0.4) is 0 Å². The second-order valence-corrected chi connectivity index (χ2v) is 6.29. The molecule has 0 atom stereocenters. The number of hydrogen-bond acceptors (Lipinski definition) is 5. The minimum absolute atomic E-state index is 0.294. The first-order valence-corrected chi connectivity index (χ1v) is 9.56. The number of hydrogen-bond donors (Lipinski definition) is 1. The highest BCUT2D eigenvalue weighted by atomic mass is 16.5. The second-order valence-electron chi connectivity index (χ2n) is 6.29. The monoisotopic (exact) mass is 390 g/mol. The Balaban J connectivity index is 2.18. The number of benzene rings is 2. The summed E-state index contributed by atoms with van der Waals surface area (Å²) in [5.41, 5.74) is 3.75. The Morgan fingerprint density at radius 2 is 1.55 bits per heavy atom. The first-order chi connectivity index (χ1) is 14.2. The van der Waals surface area contributed by atoms with Crippen molar-refractivity contribution in [1.82, 2.24) is 5.48 Å². The molecule has 2 rings (SSSR count). The molecule has 0 spiro atoms. The van der Waals surface area contributed by atoms with Crippen LogP contribution in [-0.4, -0.2) is 19.8 Å². The maximum Gasteiger partial charge on any atom is 0.212 e. The van der Waals surface area contributed by atoms with Crippen LogP contribution in [0.25, 0.3) is 16.1 Å². The molecule has 6 heteroatoms. The van der Waals surface area contributed by atoms with Gasteiger partial charge in [-0.3, -0.25) is 0 Å². The van der Waals surface area contributed by atoms with E-state index in [-0.39, 0.29) is 0 Å². The lowest BCUT2D eigenvalue weighted by atomic mass is 10.0. The fourth-order valence-electron chi connectivity index (χ4n) is 2.61. The van der Waals surface area contributed by atoms with Gasteiger partial charge in [-0.2, -0.15) is 5.26 Å². The molecular formula is C23H24N3O3-. The minimum Gasteiger partial charge on any atom is -0.788 e. The molecule has 0 aliphatic carbocycles. The topological polar surface area (TPSA) is 81.7 Å². The Labute approximate surface area is 171 Å². The van der Waals surface area contributed by atoms with Crippen molar-refractivity contribution in [1.29, 1.82) is 5.26 Å². The van der Waals surface area contributed by atoms with E-state index in [1.54, 1.807) is 36.4 Å². The van der Waals surface area contributed by atoms with Gasteiger partial charge < -0.3 is 20.2 Å². The maximum atomic E-state index is 10.2. The molecule has 0 saturated carbocycles. The van der Waals surface area contributed by atoms with Crippen molar-refractivity contribution in [3.05, 3.63) is 76.3 Å². The highest BCUT2D eigenvalue weighted by molar-refractivity contribution is 5.99. The normalized spacial score (nSPS) is 11.2. The van der Waals surface area contributed by atoms with Gasteiger partial charge in [-0.25, -0.2) is 4.85 Å². The lowest BCUT2D eigenvalue weighted by molar-refractivity contribution is 0.309. The van der Waals surface area contributed by atoms with Gasteiger partial charge in [0.1, 0.15) is 11.5 Å². The first kappa shape index (κ1) is 22.0. The minimum atomic E-state index is 0.294. The molecule has 2 aromatic carbocycles. The molecule has 29 heavy (non-hydrogen) atoms. The van der Waals surface area contributed by atoms with Gasteiger partial charge in [-0.05, 0) is 54.8 Å². The number of unbranched alkanes of at least 4 members (excludes halogenated alkanes) is 1. The summed E-state index contributed by atoms with van der Waals surface area (Å²) in [7, 11) is 0. The molecule has 1 N–H and O–H groups in total. The van der Waals surface area contributed by atoms with Gasteiger partial charge in [0, 0.05) is 0 Å². The van der Waals surface area contributed by atoms with Crippen molar-refractivity contribution in [2.24, 2.45) is 0 Å². The average molecular weight is 390 g/mol. The fraction of sp³-hybridized carbons (Fsp3) is 0.304. The summed E-state index contributed by atoms with van der Waals surface area (Å²) in [6.07, 6.45) is 2.66. The fourth-order valence-corrected chi connectivity index (χ4v) is 2.61. The summed E-state index contributed by atoms with van der Waals surface area (Å²) >= 11 is 0. The molecule has 2 aromatic rings. The van der Waals surface area contributed by atoms with Crippen LogP contribution in [0.2, 0.25) is 0 Å². The summed E-state index contributed by atoms with van der Waals surface area (Å²) in [4.78, 5) is 3.60. The van der Waals surface area contributed by atoms with E-state index in [1.165, 1.54) is 0 Å². The number of nitrogens with one attached hydrogen (secondary N) is 1. The Morgan fingerprint density at radius 3 is 2.03 bits per heavy atom. The Kier molecular flexibility index (Phi) is 9.24. The van der Waals surface area contributed by atoms with E-state index in [1.807, 2.05) is 17.6 Å². The average Bonchev–Trinajstić information content (AvgIpc) is 2.76. The molecular weight excluding hydrogens is 366 g/mol. The van der Waals surface area contributed by atoms with Gasteiger partial charge in [-0.1, -0.05) is 37.6 Å². The molecule has 0 heterocycles. The number of nitriles is 1. The summed E-state index contributed by atoms with van der Waals surface area (Å²) in [6.45, 7) is 11.1. The van der Waals surface area contributed by atoms with Gasteiger partial charge in [0.25, 0.3) is 0 Å². The Hall–Kier alpha value is -3.32. The number of allylic oxidation sites excluding steroid dienone is 1. The van der Waals surface area contributed by atoms with Gasteiger partial charge >= 0.3 is 0 Å². The second kappa shape index (κ2) is 12.2. The maximum absolute atomic E-state index is 10.2. The highest BCUT2D eigenvalue weighted by Crippen LogP contribution is 2.29. The molecule has 0 saturated heterocycles. The van der Waals surface area contributed by atoms with Crippen molar-refractivity contribution < 1.29 is 9.47 Å². The van der Waals surface area contributed by atoms with Crippen LogP contribution in [-0.2, 0) is 0 Å². The SMILES string of the molecule is [C-]#[N+]/C(=C(/C#N)c1ccc(OCCCN[O-])cc1)c1ccc(OCCCC)cc1. The Bertz CT molecular complexity index is 876. The van der Waals surface area contributed by atoms with E-state index in [0.717, 1.165) is 18.6 Å². The third-order valence-corrected chi connectivity index (χ3v) is 4.19. The molecule has 0 amide bonds. The summed E-state index contributed by atoms with van der Waals surface area (Å²) in [6, 6.07) is 16.4. The van der Waals surface area contributed by atoms with Crippen LogP contribution in [0.15, 0.2) is 48.5 Å². The van der Waals surface area contributed by atoms with Crippen molar-refractivity contribution >= 4 is 11.3 Å². The number of hydroxylamine groups is 1. The lowest BCUT2D eigenvalue weighted by Gasteiger charge is -2.10. The van der Waals surface area contributed by atoms with E-state index in [4.69, 9.17) is 16.0 Å². The molecule has 0 aromatic heterocycles. The third-order valence-electron chi connectivity index (χ3n) is 4.19. The largest absolute Gasteiger partial charge is 0.788 e. The predicted octanol–water partition coefficient (Wildman–Crippen LogP) is 5.03. The molecule has 0 bridgehead atoms. The molecule has 0 aliphatic heterocycles. The smallest absolute Gasteiger partial charge is 0.212 e. The number of nitrogens with zero attached hydrogens (tertiary/aromatic N) is 2. The zero-order valence-electron chi connectivity index (χ0n) is 16.5. The van der Waals surface area contributed by atoms with Crippen LogP contribution in [0.5, 0.6) is 11.5 Å². The first-order valence-electron chi connectivity index (χ1n) is 9.56. The van der Waals surface area contributed by atoms with Crippen LogP contribution in [0.4, 0.5) is 0 Å². The van der Waals surface area contributed by atoms with Crippen molar-refractivity contribution in [2.45, 2.75) is 26.2 Å². The van der Waals surface area contributed by atoms with Crippen LogP contribution in [0.1, 0.15) is 37.3 Å². The van der Waals surface area contributed by atoms with Gasteiger partial charge in [-0.15, -0.1) is 0 Å². The van der Waals surface area contributed by atoms with E-state index < -0.39 is 0 Å². The number of rotatable bonds is 11. The summed E-state index contributed by atoms with van der Waals surface area (Å²) in [5, 5.41) is 19.9. The number of ether oxygens (including phenoxy) is 2. The van der Waals surface area contributed by atoms with Crippen molar-refractivity contribution in [2.75, 3.05) is 19.8 Å². The zero-order valence-corrected chi connectivity index (χ0v) is 16.5. The van der Waals surface area contributed by atoms with Crippen LogP contribution >= 0.6 is 0 Å². The van der Waals surface area contributed by atoms with Crippen LogP contribution in [0, 0.1) is 23.1 Å². The van der Waals surface area contributed by atoms with Gasteiger partial charge in [0.05, 0.1) is 31.4 Å². The standard InChI is InChI=1S/C23H24N3O3/c1-3-4-15-28-21-12-8-19(9-13-21)23(25-2)22(17-24)18-6-10-20(11-7-18)29-16-5-14-26-27/h6-13,26H,3-5,14-16H2,1H3/q-1/b23-22-. The zero-order chi connectivity index (χ0) is 20.9. The van der Waals surface area contributed by atoms with Crippen molar-refractivity contribution in [3.63, 3.8) is 0 Å². The van der Waals surface area contributed by atoms with Gasteiger partial charge in [0.2, 0.25) is 5.70 Å². The molecule has 0 aliphatic rings.